The minimum atomic E-state index is -0.485. The largest absolute Gasteiger partial charge is 0.493 e. The number of methoxy groups -OCH3 is 2. The molecule has 0 fully saturated rings. The second-order valence-corrected chi connectivity index (χ2v) is 4.74. The molecule has 0 saturated carbocycles. The fourth-order valence-electron chi connectivity index (χ4n) is 2.01. The summed E-state index contributed by atoms with van der Waals surface area (Å²) in [7, 11) is 3.03. The van der Waals surface area contributed by atoms with Crippen molar-refractivity contribution in [3.8, 4) is 11.5 Å². The van der Waals surface area contributed by atoms with E-state index in [9.17, 15) is 14.9 Å². The lowest BCUT2D eigenvalue weighted by molar-refractivity contribution is -0.384. The third-order valence-electron chi connectivity index (χ3n) is 3.16. The van der Waals surface area contributed by atoms with Crippen molar-refractivity contribution in [3.63, 3.8) is 0 Å². The van der Waals surface area contributed by atoms with Crippen molar-refractivity contribution in [1.82, 2.24) is 0 Å². The van der Waals surface area contributed by atoms with Crippen LogP contribution in [0.5, 0.6) is 11.5 Å². The van der Waals surface area contributed by atoms with Gasteiger partial charge >= 0.3 is 0 Å². The van der Waals surface area contributed by atoms with Crippen molar-refractivity contribution in [2.24, 2.45) is 0 Å². The number of rotatable bonds is 6. The summed E-state index contributed by atoms with van der Waals surface area (Å²) in [6, 6.07) is 11.0. The molecule has 0 aliphatic rings. The summed E-state index contributed by atoms with van der Waals surface area (Å²) >= 11 is 0. The van der Waals surface area contributed by atoms with Crippen LogP contribution in [0.4, 0.5) is 11.4 Å². The molecule has 124 valence electrons. The highest BCUT2D eigenvalue weighted by molar-refractivity contribution is 6.02. The van der Waals surface area contributed by atoms with E-state index in [-0.39, 0.29) is 11.6 Å². The predicted molar refractivity (Wildman–Crippen MR) is 90.3 cm³/mol. The zero-order valence-corrected chi connectivity index (χ0v) is 13.2. The SMILES string of the molecule is COc1ccc(NC(=O)C=Cc2cccc([N+](=O)[O-])c2)cc1OC. The van der Waals surface area contributed by atoms with E-state index >= 15 is 0 Å². The van der Waals surface area contributed by atoms with Crippen molar-refractivity contribution in [1.29, 1.82) is 0 Å². The molecule has 0 atom stereocenters. The Kier molecular flexibility index (Phi) is 5.51. The molecule has 0 aliphatic carbocycles. The van der Waals surface area contributed by atoms with Crippen LogP contribution >= 0.6 is 0 Å². The number of nitrogens with one attached hydrogen (secondary N) is 1. The maximum absolute atomic E-state index is 12.0. The molecular weight excluding hydrogens is 312 g/mol. The van der Waals surface area contributed by atoms with Crippen molar-refractivity contribution in [2.45, 2.75) is 0 Å². The number of amides is 1. The molecule has 0 heterocycles. The Morgan fingerprint density at radius 2 is 1.88 bits per heavy atom. The van der Waals surface area contributed by atoms with Gasteiger partial charge in [-0.2, -0.15) is 0 Å². The number of ether oxygens (including phenoxy) is 2. The van der Waals surface area contributed by atoms with E-state index in [1.165, 1.54) is 38.5 Å². The van der Waals surface area contributed by atoms with E-state index in [4.69, 9.17) is 9.47 Å². The predicted octanol–water partition coefficient (Wildman–Crippen LogP) is 3.26. The van der Waals surface area contributed by atoms with E-state index in [1.54, 1.807) is 30.3 Å². The number of carbonyl (C=O) groups is 1. The van der Waals surface area contributed by atoms with Gasteiger partial charge in [-0.3, -0.25) is 14.9 Å². The van der Waals surface area contributed by atoms with E-state index in [2.05, 4.69) is 5.32 Å². The van der Waals surface area contributed by atoms with Crippen LogP contribution in [0.2, 0.25) is 0 Å². The third kappa shape index (κ3) is 4.33. The third-order valence-corrected chi connectivity index (χ3v) is 3.16. The summed E-state index contributed by atoms with van der Waals surface area (Å²) in [5, 5.41) is 13.4. The second-order valence-electron chi connectivity index (χ2n) is 4.74. The Labute approximate surface area is 138 Å². The minimum absolute atomic E-state index is 0.0301. The lowest BCUT2D eigenvalue weighted by atomic mass is 10.2. The molecule has 0 spiro atoms. The topological polar surface area (TPSA) is 90.7 Å². The highest BCUT2D eigenvalue weighted by atomic mass is 16.6. The van der Waals surface area contributed by atoms with Crippen LogP contribution < -0.4 is 14.8 Å². The number of carbonyl (C=O) groups excluding carboxylic acids is 1. The van der Waals surface area contributed by atoms with Gasteiger partial charge in [-0.05, 0) is 23.8 Å². The fourth-order valence-corrected chi connectivity index (χ4v) is 2.01. The molecule has 1 N–H and O–H groups in total. The number of hydrogen-bond acceptors (Lipinski definition) is 5. The monoisotopic (exact) mass is 328 g/mol. The number of nitrogens with zero attached hydrogens (tertiary/aromatic N) is 1. The van der Waals surface area contributed by atoms with E-state index < -0.39 is 4.92 Å². The lowest BCUT2D eigenvalue weighted by Crippen LogP contribution is -2.07. The van der Waals surface area contributed by atoms with Crippen molar-refractivity contribution >= 4 is 23.4 Å². The molecule has 0 radical (unpaired) electrons. The van der Waals surface area contributed by atoms with Gasteiger partial charge in [0.15, 0.2) is 11.5 Å². The first-order valence-electron chi connectivity index (χ1n) is 6.99. The van der Waals surface area contributed by atoms with E-state index in [1.807, 2.05) is 0 Å². The molecule has 2 aromatic rings. The lowest BCUT2D eigenvalue weighted by Gasteiger charge is -2.09. The Bertz CT molecular complexity index is 786. The zero-order valence-electron chi connectivity index (χ0n) is 13.2. The molecule has 7 nitrogen and oxygen atoms in total. The van der Waals surface area contributed by atoms with Crippen LogP contribution in [0, 0.1) is 10.1 Å². The van der Waals surface area contributed by atoms with Gasteiger partial charge in [0.1, 0.15) is 0 Å². The average molecular weight is 328 g/mol. The van der Waals surface area contributed by atoms with Crippen LogP contribution in [-0.4, -0.2) is 25.1 Å². The van der Waals surface area contributed by atoms with E-state index in [0.717, 1.165) is 0 Å². The normalized spacial score (nSPS) is 10.4. The van der Waals surface area contributed by atoms with Gasteiger partial charge < -0.3 is 14.8 Å². The zero-order chi connectivity index (χ0) is 17.5. The van der Waals surface area contributed by atoms with E-state index in [0.29, 0.717) is 22.7 Å². The summed E-state index contributed by atoms with van der Waals surface area (Å²) in [5.74, 6) is 0.689. The van der Waals surface area contributed by atoms with Gasteiger partial charge in [0, 0.05) is 30.0 Å². The molecule has 0 saturated heterocycles. The summed E-state index contributed by atoms with van der Waals surface area (Å²) in [6.45, 7) is 0. The Morgan fingerprint density at radius 3 is 2.54 bits per heavy atom. The number of anilines is 1. The summed E-state index contributed by atoms with van der Waals surface area (Å²) in [4.78, 5) is 22.2. The minimum Gasteiger partial charge on any atom is -0.493 e. The molecule has 2 aromatic carbocycles. The first-order valence-corrected chi connectivity index (χ1v) is 6.99. The first-order chi connectivity index (χ1) is 11.5. The first kappa shape index (κ1) is 17.0. The second kappa shape index (κ2) is 7.77. The molecule has 1 amide bonds. The van der Waals surface area contributed by atoms with Crippen LogP contribution in [-0.2, 0) is 4.79 Å². The highest BCUT2D eigenvalue weighted by Crippen LogP contribution is 2.29. The maximum atomic E-state index is 12.0. The van der Waals surface area contributed by atoms with Crippen LogP contribution in [0.1, 0.15) is 5.56 Å². The van der Waals surface area contributed by atoms with Crippen LogP contribution in [0.3, 0.4) is 0 Å². The van der Waals surface area contributed by atoms with Gasteiger partial charge in [0.05, 0.1) is 19.1 Å². The molecular formula is C17H16N2O5. The van der Waals surface area contributed by atoms with Crippen LogP contribution in [0.25, 0.3) is 6.08 Å². The highest BCUT2D eigenvalue weighted by Gasteiger charge is 2.07. The Hall–Kier alpha value is -3.35. The number of nitro groups is 1. The molecule has 7 heteroatoms. The molecule has 0 bridgehead atoms. The van der Waals surface area contributed by atoms with Crippen molar-refractivity contribution in [3.05, 3.63) is 64.2 Å². The molecule has 0 aliphatic heterocycles. The average Bonchev–Trinajstić information content (AvgIpc) is 2.60. The van der Waals surface area contributed by atoms with Crippen LogP contribution in [0.15, 0.2) is 48.5 Å². The smallest absolute Gasteiger partial charge is 0.270 e. The molecule has 0 unspecified atom stereocenters. The molecule has 24 heavy (non-hydrogen) atoms. The van der Waals surface area contributed by atoms with Gasteiger partial charge in [-0.15, -0.1) is 0 Å². The molecule has 2 rings (SSSR count). The fraction of sp³-hybridized carbons (Fsp3) is 0.118. The summed E-state index contributed by atoms with van der Waals surface area (Å²) < 4.78 is 10.3. The molecule has 0 aromatic heterocycles. The van der Waals surface area contributed by atoms with Crippen molar-refractivity contribution < 1.29 is 19.2 Å². The number of benzene rings is 2. The van der Waals surface area contributed by atoms with Crippen molar-refractivity contribution in [2.75, 3.05) is 19.5 Å². The van der Waals surface area contributed by atoms with Gasteiger partial charge in [0.25, 0.3) is 5.69 Å². The van der Waals surface area contributed by atoms with Gasteiger partial charge in [-0.1, -0.05) is 12.1 Å². The Balaban J connectivity index is 2.08. The standard InChI is InChI=1S/C17H16N2O5/c1-23-15-8-7-13(11-16(15)24-2)18-17(20)9-6-12-4-3-5-14(10-12)19(21)22/h3-11H,1-2H3,(H,18,20). The maximum Gasteiger partial charge on any atom is 0.270 e. The Morgan fingerprint density at radius 1 is 1.12 bits per heavy atom. The summed E-state index contributed by atoms with van der Waals surface area (Å²) in [5.41, 5.74) is 1.07. The quantitative estimate of drug-likeness (QED) is 0.499. The number of hydrogen-bond donors (Lipinski definition) is 1. The van der Waals surface area contributed by atoms with Gasteiger partial charge in [-0.25, -0.2) is 0 Å². The summed E-state index contributed by atoms with van der Waals surface area (Å²) in [6.07, 6.45) is 2.80. The number of nitro benzene ring substituents is 1. The van der Waals surface area contributed by atoms with Gasteiger partial charge in [0.2, 0.25) is 5.91 Å². The number of non-ortho nitro benzene ring substituents is 1.